The third-order valence-electron chi connectivity index (χ3n) is 3.74. The lowest BCUT2D eigenvalue weighted by Gasteiger charge is -2.21. The minimum absolute atomic E-state index is 0.0522. The molecule has 0 unspecified atom stereocenters. The van der Waals surface area contributed by atoms with Gasteiger partial charge in [-0.25, -0.2) is 12.8 Å². The summed E-state index contributed by atoms with van der Waals surface area (Å²) in [5.41, 5.74) is 0. The molecule has 0 saturated heterocycles. The summed E-state index contributed by atoms with van der Waals surface area (Å²) >= 11 is 0. The van der Waals surface area contributed by atoms with Crippen molar-refractivity contribution in [2.75, 3.05) is 18.4 Å². The fourth-order valence-corrected chi connectivity index (χ4v) is 3.81. The second kappa shape index (κ2) is 9.44. The molecule has 26 heavy (non-hydrogen) atoms. The predicted octanol–water partition coefficient (Wildman–Crippen LogP) is 3.02. The Morgan fingerprint density at radius 2 is 1.92 bits per heavy atom. The summed E-state index contributed by atoms with van der Waals surface area (Å²) in [6.45, 7) is 1.89. The normalized spacial score (nSPS) is 11.7. The zero-order chi connectivity index (χ0) is 19.0. The molecule has 0 spiro atoms. The van der Waals surface area contributed by atoms with E-state index >= 15 is 0 Å². The van der Waals surface area contributed by atoms with Gasteiger partial charge < -0.3 is 9.84 Å². The van der Waals surface area contributed by atoms with Crippen molar-refractivity contribution in [1.82, 2.24) is 9.46 Å². The van der Waals surface area contributed by atoms with Crippen molar-refractivity contribution < 1.29 is 22.1 Å². The summed E-state index contributed by atoms with van der Waals surface area (Å²) in [7, 11) is -3.92. The molecule has 0 bridgehead atoms. The number of aromatic nitrogens is 1. The number of amides is 1. The van der Waals surface area contributed by atoms with Gasteiger partial charge in [0.1, 0.15) is 12.1 Å². The summed E-state index contributed by atoms with van der Waals surface area (Å²) in [4.78, 5) is 12.1. The van der Waals surface area contributed by atoms with Crippen molar-refractivity contribution in [3.8, 4) is 0 Å². The van der Waals surface area contributed by atoms with Crippen LogP contribution in [0.5, 0.6) is 0 Å². The number of anilines is 1. The highest BCUT2D eigenvalue weighted by molar-refractivity contribution is 7.89. The predicted molar refractivity (Wildman–Crippen MR) is 94.4 cm³/mol. The Hall–Kier alpha value is -2.26. The maximum atomic E-state index is 13.1. The Morgan fingerprint density at radius 1 is 1.19 bits per heavy atom. The number of sulfonamides is 1. The molecule has 1 aromatic carbocycles. The number of nitrogens with zero attached hydrogens (tertiary/aromatic N) is 2. The Balaban J connectivity index is 2.13. The standard InChI is InChI=1S/C17H22FN3O4S/c1-2-3-4-5-11-21(13-17(22)19-16-10-12-25-20-16)26(23,24)15-8-6-14(18)7-9-15/h6-10,12H,2-5,11,13H2,1H3,(H,19,20,22). The van der Waals surface area contributed by atoms with E-state index in [4.69, 9.17) is 0 Å². The average Bonchev–Trinajstić information content (AvgIpc) is 3.10. The van der Waals surface area contributed by atoms with Crippen LogP contribution in [-0.4, -0.2) is 36.9 Å². The van der Waals surface area contributed by atoms with Gasteiger partial charge in [0.15, 0.2) is 5.82 Å². The molecule has 0 saturated carbocycles. The lowest BCUT2D eigenvalue weighted by molar-refractivity contribution is -0.116. The van der Waals surface area contributed by atoms with Crippen LogP contribution in [0.1, 0.15) is 32.6 Å². The van der Waals surface area contributed by atoms with E-state index in [1.807, 2.05) is 0 Å². The lowest BCUT2D eigenvalue weighted by Crippen LogP contribution is -2.38. The highest BCUT2D eigenvalue weighted by Gasteiger charge is 2.26. The van der Waals surface area contributed by atoms with Gasteiger partial charge in [-0.15, -0.1) is 0 Å². The van der Waals surface area contributed by atoms with Crippen LogP contribution in [0.2, 0.25) is 0 Å². The van der Waals surface area contributed by atoms with Crippen LogP contribution < -0.4 is 5.32 Å². The van der Waals surface area contributed by atoms with E-state index in [2.05, 4.69) is 21.9 Å². The van der Waals surface area contributed by atoms with Crippen molar-refractivity contribution >= 4 is 21.7 Å². The molecule has 0 aliphatic carbocycles. The van der Waals surface area contributed by atoms with E-state index in [1.54, 1.807) is 0 Å². The fraction of sp³-hybridized carbons (Fsp3) is 0.412. The minimum Gasteiger partial charge on any atom is -0.363 e. The molecule has 1 amide bonds. The maximum absolute atomic E-state index is 13.1. The quantitative estimate of drug-likeness (QED) is 0.637. The van der Waals surface area contributed by atoms with Crippen molar-refractivity contribution in [3.05, 3.63) is 42.4 Å². The Labute approximate surface area is 152 Å². The number of nitrogens with one attached hydrogen (secondary N) is 1. The molecule has 1 N–H and O–H groups in total. The summed E-state index contributed by atoms with van der Waals surface area (Å²) in [5.74, 6) is -0.845. The van der Waals surface area contributed by atoms with Crippen molar-refractivity contribution in [1.29, 1.82) is 0 Å². The summed E-state index contributed by atoms with van der Waals surface area (Å²) < 4.78 is 44.5. The van der Waals surface area contributed by atoms with Crippen LogP contribution >= 0.6 is 0 Å². The molecule has 0 aliphatic heterocycles. The van der Waals surface area contributed by atoms with Gasteiger partial charge in [0, 0.05) is 12.6 Å². The average molecular weight is 383 g/mol. The van der Waals surface area contributed by atoms with Gasteiger partial charge in [-0.1, -0.05) is 31.3 Å². The molecule has 0 aliphatic rings. The third-order valence-corrected chi connectivity index (χ3v) is 5.60. The zero-order valence-electron chi connectivity index (χ0n) is 14.5. The number of rotatable bonds is 10. The SMILES string of the molecule is CCCCCCN(CC(=O)Nc1ccon1)S(=O)(=O)c1ccc(F)cc1. The topological polar surface area (TPSA) is 92.5 Å². The molecular weight excluding hydrogens is 361 g/mol. The van der Waals surface area contributed by atoms with Gasteiger partial charge in [0.2, 0.25) is 15.9 Å². The number of hydrogen-bond acceptors (Lipinski definition) is 5. The van der Waals surface area contributed by atoms with E-state index in [9.17, 15) is 17.6 Å². The number of carbonyl (C=O) groups excluding carboxylic acids is 1. The van der Waals surface area contributed by atoms with Crippen LogP contribution in [-0.2, 0) is 14.8 Å². The van der Waals surface area contributed by atoms with Crippen LogP contribution in [0.15, 0.2) is 46.0 Å². The molecule has 142 valence electrons. The number of halogens is 1. The van der Waals surface area contributed by atoms with E-state index in [-0.39, 0.29) is 23.8 Å². The van der Waals surface area contributed by atoms with Crippen LogP contribution in [0.3, 0.4) is 0 Å². The zero-order valence-corrected chi connectivity index (χ0v) is 15.3. The molecule has 9 heteroatoms. The summed E-state index contributed by atoms with van der Waals surface area (Å²) in [6.07, 6.45) is 4.78. The van der Waals surface area contributed by atoms with Crippen molar-refractivity contribution in [3.63, 3.8) is 0 Å². The molecule has 2 aromatic rings. The summed E-state index contributed by atoms with van der Waals surface area (Å²) in [6, 6.07) is 6.01. The number of hydrogen-bond donors (Lipinski definition) is 1. The number of benzene rings is 1. The van der Waals surface area contributed by atoms with E-state index < -0.39 is 21.7 Å². The van der Waals surface area contributed by atoms with Crippen LogP contribution in [0.4, 0.5) is 10.2 Å². The van der Waals surface area contributed by atoms with Crippen molar-refractivity contribution in [2.45, 2.75) is 37.5 Å². The molecular formula is C17H22FN3O4S. The first-order valence-corrected chi connectivity index (χ1v) is 9.83. The molecule has 0 atom stereocenters. The summed E-state index contributed by atoms with van der Waals surface area (Å²) in [5, 5.41) is 6.04. The van der Waals surface area contributed by atoms with Gasteiger partial charge in [-0.3, -0.25) is 4.79 Å². The monoisotopic (exact) mass is 383 g/mol. The number of unbranched alkanes of at least 4 members (excludes halogenated alkanes) is 3. The van der Waals surface area contributed by atoms with E-state index in [0.29, 0.717) is 6.42 Å². The van der Waals surface area contributed by atoms with Gasteiger partial charge in [-0.05, 0) is 30.7 Å². The number of carbonyl (C=O) groups is 1. The first-order valence-electron chi connectivity index (χ1n) is 8.39. The molecule has 1 heterocycles. The van der Waals surface area contributed by atoms with Crippen molar-refractivity contribution in [2.24, 2.45) is 0 Å². The van der Waals surface area contributed by atoms with Crippen LogP contribution in [0.25, 0.3) is 0 Å². The molecule has 0 radical (unpaired) electrons. The first-order chi connectivity index (χ1) is 12.4. The Morgan fingerprint density at radius 3 is 2.54 bits per heavy atom. The van der Waals surface area contributed by atoms with Gasteiger partial charge in [-0.2, -0.15) is 4.31 Å². The highest BCUT2D eigenvalue weighted by Crippen LogP contribution is 2.17. The Bertz CT molecular complexity index is 792. The Kier molecular flexibility index (Phi) is 7.28. The lowest BCUT2D eigenvalue weighted by atomic mass is 10.2. The van der Waals surface area contributed by atoms with Gasteiger partial charge in [0.05, 0.1) is 11.4 Å². The molecule has 0 fully saturated rings. The van der Waals surface area contributed by atoms with E-state index in [1.165, 1.54) is 24.5 Å². The first kappa shape index (κ1) is 20.1. The maximum Gasteiger partial charge on any atom is 0.243 e. The largest absolute Gasteiger partial charge is 0.363 e. The van der Waals surface area contributed by atoms with Gasteiger partial charge in [0.25, 0.3) is 0 Å². The molecule has 2 rings (SSSR count). The van der Waals surface area contributed by atoms with E-state index in [0.717, 1.165) is 35.7 Å². The smallest absolute Gasteiger partial charge is 0.243 e. The second-order valence-electron chi connectivity index (χ2n) is 5.79. The molecule has 7 nitrogen and oxygen atoms in total. The second-order valence-corrected chi connectivity index (χ2v) is 7.72. The fourth-order valence-electron chi connectivity index (χ4n) is 2.37. The molecule has 1 aromatic heterocycles. The minimum atomic E-state index is -3.92. The third kappa shape index (κ3) is 5.63. The van der Waals surface area contributed by atoms with Gasteiger partial charge >= 0.3 is 0 Å². The highest BCUT2D eigenvalue weighted by atomic mass is 32.2. The van der Waals surface area contributed by atoms with Crippen LogP contribution in [0, 0.1) is 5.82 Å².